The van der Waals surface area contributed by atoms with Crippen LogP contribution >= 0.6 is 0 Å². The van der Waals surface area contributed by atoms with Crippen molar-refractivity contribution in [2.75, 3.05) is 6.54 Å². The molecule has 0 bridgehead atoms. The average Bonchev–Trinajstić information content (AvgIpc) is 2.53. The molecule has 0 aromatic carbocycles. The summed E-state index contributed by atoms with van der Waals surface area (Å²) in [5.41, 5.74) is 0. The molecule has 0 saturated carbocycles. The Hall–Kier alpha value is -1.06. The van der Waals surface area contributed by atoms with Gasteiger partial charge in [0, 0.05) is 6.54 Å². The van der Waals surface area contributed by atoms with E-state index in [1.807, 2.05) is 6.92 Å². The van der Waals surface area contributed by atoms with Crippen molar-refractivity contribution in [3.63, 3.8) is 0 Å². The number of amidine groups is 1. The van der Waals surface area contributed by atoms with Crippen molar-refractivity contribution in [2.45, 2.75) is 58.4 Å². The molecule has 0 spiro atoms. The monoisotopic (exact) mass is 225 g/mol. The lowest BCUT2D eigenvalue weighted by Gasteiger charge is -2.20. The van der Waals surface area contributed by atoms with E-state index < -0.39 is 0 Å². The summed E-state index contributed by atoms with van der Waals surface area (Å²) in [6.45, 7) is 4.85. The van der Waals surface area contributed by atoms with Crippen LogP contribution in [-0.4, -0.2) is 29.4 Å². The molecule has 2 N–H and O–H groups in total. The lowest BCUT2D eigenvalue weighted by molar-refractivity contribution is 0.206. The average molecular weight is 225 g/mol. The summed E-state index contributed by atoms with van der Waals surface area (Å²) in [5.74, 6) is 0.377. The summed E-state index contributed by atoms with van der Waals surface area (Å²) >= 11 is 0. The highest BCUT2D eigenvalue weighted by Gasteiger charge is 2.33. The van der Waals surface area contributed by atoms with E-state index in [1.54, 1.807) is 4.90 Å². The molecule has 1 aliphatic rings. The van der Waals surface area contributed by atoms with Gasteiger partial charge in [0.2, 0.25) is 0 Å². The number of carbonyl (C=O) groups excluding carboxylic acids is 1. The molecule has 1 aliphatic heterocycles. The Balaban J connectivity index is 2.29. The third-order valence-electron chi connectivity index (χ3n) is 3.13. The number of amides is 2. The lowest BCUT2D eigenvalue weighted by atomic mass is 10.1. The molecule has 1 unspecified atom stereocenters. The Morgan fingerprint density at radius 1 is 1.25 bits per heavy atom. The standard InChI is InChI=1S/C12H23N3O/c1-3-5-6-7-8-9-10-11(13)14-12(16)15(10)4-2/h10H,3-9H2,1-2H3,(H2,13,14,16). The van der Waals surface area contributed by atoms with Crippen molar-refractivity contribution in [3.05, 3.63) is 0 Å². The Morgan fingerprint density at radius 2 is 1.94 bits per heavy atom. The van der Waals surface area contributed by atoms with E-state index in [0.29, 0.717) is 12.4 Å². The first kappa shape index (κ1) is 13.0. The zero-order chi connectivity index (χ0) is 12.0. The Morgan fingerprint density at radius 3 is 2.56 bits per heavy atom. The van der Waals surface area contributed by atoms with Crippen LogP contribution in [-0.2, 0) is 0 Å². The van der Waals surface area contributed by atoms with Crippen molar-refractivity contribution >= 4 is 11.9 Å². The molecule has 1 atom stereocenters. The molecule has 1 heterocycles. The highest BCUT2D eigenvalue weighted by atomic mass is 16.2. The van der Waals surface area contributed by atoms with Crippen LogP contribution in [0.5, 0.6) is 0 Å². The fourth-order valence-corrected chi connectivity index (χ4v) is 2.17. The smallest absolute Gasteiger partial charge is 0.315 e. The second-order valence-corrected chi connectivity index (χ2v) is 4.35. The predicted octanol–water partition coefficient (Wildman–Crippen LogP) is 2.74. The van der Waals surface area contributed by atoms with Gasteiger partial charge >= 0.3 is 6.03 Å². The molecule has 0 aromatic heterocycles. The molecule has 1 fully saturated rings. The maximum atomic E-state index is 11.4. The quantitative estimate of drug-likeness (QED) is 0.643. The highest BCUT2D eigenvalue weighted by molar-refractivity contribution is 6.05. The molecule has 0 aromatic rings. The second kappa shape index (κ2) is 6.51. The number of urea groups is 1. The fraction of sp³-hybridized carbons (Fsp3) is 0.833. The van der Waals surface area contributed by atoms with Gasteiger partial charge in [0.1, 0.15) is 5.84 Å². The topological polar surface area (TPSA) is 56.2 Å². The number of unbranched alkanes of at least 4 members (excludes halogenated alkanes) is 4. The largest absolute Gasteiger partial charge is 0.323 e. The van der Waals surface area contributed by atoms with E-state index in [4.69, 9.17) is 5.41 Å². The summed E-state index contributed by atoms with van der Waals surface area (Å²) in [7, 11) is 0. The van der Waals surface area contributed by atoms with E-state index in [0.717, 1.165) is 12.8 Å². The maximum Gasteiger partial charge on any atom is 0.323 e. The van der Waals surface area contributed by atoms with Crippen LogP contribution in [0, 0.1) is 5.41 Å². The van der Waals surface area contributed by atoms with E-state index in [1.165, 1.54) is 25.7 Å². The van der Waals surface area contributed by atoms with Crippen LogP contribution in [0.3, 0.4) is 0 Å². The minimum Gasteiger partial charge on any atom is -0.315 e. The van der Waals surface area contributed by atoms with Gasteiger partial charge in [-0.05, 0) is 13.3 Å². The molecule has 1 rings (SSSR count). The number of nitrogens with zero attached hydrogens (tertiary/aromatic N) is 1. The second-order valence-electron chi connectivity index (χ2n) is 4.35. The molecule has 1 saturated heterocycles. The Labute approximate surface area is 97.9 Å². The molecule has 4 nitrogen and oxygen atoms in total. The van der Waals surface area contributed by atoms with Crippen molar-refractivity contribution in [1.82, 2.24) is 10.2 Å². The molecule has 16 heavy (non-hydrogen) atoms. The minimum absolute atomic E-state index is 0.000809. The Bertz CT molecular complexity index is 253. The number of likely N-dealkylation sites (N-methyl/N-ethyl adjacent to an activating group) is 1. The molecule has 4 heteroatoms. The molecule has 2 amide bonds. The summed E-state index contributed by atoms with van der Waals surface area (Å²) in [4.78, 5) is 13.2. The zero-order valence-corrected chi connectivity index (χ0v) is 10.4. The van der Waals surface area contributed by atoms with Crippen LogP contribution < -0.4 is 5.32 Å². The first-order valence-electron chi connectivity index (χ1n) is 6.36. The zero-order valence-electron chi connectivity index (χ0n) is 10.4. The summed E-state index contributed by atoms with van der Waals surface area (Å²) in [6.07, 6.45) is 7.05. The summed E-state index contributed by atoms with van der Waals surface area (Å²) < 4.78 is 0. The van der Waals surface area contributed by atoms with Gasteiger partial charge < -0.3 is 4.90 Å². The summed E-state index contributed by atoms with van der Waals surface area (Å²) in [5, 5.41) is 10.3. The number of carbonyl (C=O) groups is 1. The van der Waals surface area contributed by atoms with Crippen LogP contribution in [0.4, 0.5) is 4.79 Å². The van der Waals surface area contributed by atoms with E-state index in [-0.39, 0.29) is 12.1 Å². The lowest BCUT2D eigenvalue weighted by Crippen LogP contribution is -2.34. The summed E-state index contributed by atoms with van der Waals surface area (Å²) in [6, 6.07) is -0.106. The first-order valence-corrected chi connectivity index (χ1v) is 6.36. The number of rotatable bonds is 7. The number of hydrogen-bond donors (Lipinski definition) is 2. The number of hydrogen-bond acceptors (Lipinski definition) is 2. The van der Waals surface area contributed by atoms with Gasteiger partial charge in [-0.25, -0.2) is 4.79 Å². The Kier molecular flexibility index (Phi) is 5.29. The molecular formula is C12H23N3O. The predicted molar refractivity (Wildman–Crippen MR) is 65.8 cm³/mol. The number of nitrogens with one attached hydrogen (secondary N) is 2. The van der Waals surface area contributed by atoms with Gasteiger partial charge in [-0.15, -0.1) is 0 Å². The van der Waals surface area contributed by atoms with Crippen molar-refractivity contribution in [2.24, 2.45) is 0 Å². The molecule has 92 valence electrons. The van der Waals surface area contributed by atoms with Gasteiger partial charge in [0.25, 0.3) is 0 Å². The maximum absolute atomic E-state index is 11.4. The van der Waals surface area contributed by atoms with E-state index in [2.05, 4.69) is 12.2 Å². The third-order valence-corrected chi connectivity index (χ3v) is 3.13. The van der Waals surface area contributed by atoms with E-state index >= 15 is 0 Å². The first-order chi connectivity index (χ1) is 7.70. The minimum atomic E-state index is -0.106. The molecule has 0 radical (unpaired) electrons. The van der Waals surface area contributed by atoms with Crippen LogP contribution in [0.1, 0.15) is 52.4 Å². The molecule has 0 aliphatic carbocycles. The van der Waals surface area contributed by atoms with Gasteiger partial charge in [-0.3, -0.25) is 10.7 Å². The highest BCUT2D eigenvalue weighted by Crippen LogP contribution is 2.16. The van der Waals surface area contributed by atoms with Gasteiger partial charge in [-0.1, -0.05) is 39.0 Å². The van der Waals surface area contributed by atoms with Gasteiger partial charge in [0.05, 0.1) is 6.04 Å². The van der Waals surface area contributed by atoms with Gasteiger partial charge in [0.15, 0.2) is 0 Å². The van der Waals surface area contributed by atoms with Crippen molar-refractivity contribution in [1.29, 1.82) is 5.41 Å². The van der Waals surface area contributed by atoms with Gasteiger partial charge in [-0.2, -0.15) is 0 Å². The van der Waals surface area contributed by atoms with Crippen molar-refractivity contribution in [3.8, 4) is 0 Å². The van der Waals surface area contributed by atoms with Crippen molar-refractivity contribution < 1.29 is 4.79 Å². The van der Waals surface area contributed by atoms with Crippen LogP contribution in [0.2, 0.25) is 0 Å². The third kappa shape index (κ3) is 3.22. The fourth-order valence-electron chi connectivity index (χ4n) is 2.17. The SMILES string of the molecule is CCCCCCCC1C(=N)NC(=O)N1CC. The molecular weight excluding hydrogens is 202 g/mol. The van der Waals surface area contributed by atoms with Crippen LogP contribution in [0.15, 0.2) is 0 Å². The van der Waals surface area contributed by atoms with Crippen LogP contribution in [0.25, 0.3) is 0 Å². The normalized spacial score (nSPS) is 20.4. The van der Waals surface area contributed by atoms with E-state index in [9.17, 15) is 4.79 Å².